The molecule has 0 fully saturated rings. The van der Waals surface area contributed by atoms with Crippen LogP contribution in [0, 0.1) is 0 Å². The minimum atomic E-state index is 0. The van der Waals surface area contributed by atoms with Crippen molar-refractivity contribution in [2.75, 3.05) is 0 Å². The first-order valence-electron chi connectivity index (χ1n) is 2.58. The molecule has 1 nitrogen and oxygen atoms in total. The first-order valence-corrected chi connectivity index (χ1v) is 2.58. The van der Waals surface area contributed by atoms with Crippen molar-refractivity contribution >= 4 is 8.41 Å². The molecular weight excluding hydrogens is 111 g/mol. The molecular formula is C7H11BO. The fourth-order valence-corrected chi connectivity index (χ4v) is 0.583. The molecule has 0 radical (unpaired) electrons. The minimum absolute atomic E-state index is 0. The van der Waals surface area contributed by atoms with Gasteiger partial charge in [0.1, 0.15) is 0 Å². The van der Waals surface area contributed by atoms with Gasteiger partial charge in [-0.15, -0.1) is 0 Å². The molecule has 0 aliphatic heterocycles. The molecule has 0 aliphatic rings. The molecule has 0 amide bonds. The largest absolute Gasteiger partial charge is 0.392 e. The summed E-state index contributed by atoms with van der Waals surface area (Å²) in [6.45, 7) is 0.140. The van der Waals surface area contributed by atoms with Crippen LogP contribution in [-0.2, 0) is 6.61 Å². The van der Waals surface area contributed by atoms with E-state index in [0.29, 0.717) is 0 Å². The van der Waals surface area contributed by atoms with Crippen LogP contribution in [0.3, 0.4) is 0 Å². The number of aliphatic hydroxyl groups excluding tert-OH is 1. The van der Waals surface area contributed by atoms with Crippen molar-refractivity contribution < 1.29 is 5.11 Å². The zero-order valence-corrected chi connectivity index (χ0v) is 4.54. The highest BCUT2D eigenvalue weighted by atomic mass is 16.3. The Labute approximate surface area is 56.9 Å². The number of aliphatic hydroxyl groups is 1. The number of hydrogen-bond acceptors (Lipinski definition) is 1. The highest BCUT2D eigenvalue weighted by Gasteiger charge is 1.81. The topological polar surface area (TPSA) is 20.2 Å². The number of benzene rings is 1. The van der Waals surface area contributed by atoms with E-state index in [-0.39, 0.29) is 15.0 Å². The maximum atomic E-state index is 8.54. The van der Waals surface area contributed by atoms with Crippen LogP contribution in [0.25, 0.3) is 0 Å². The van der Waals surface area contributed by atoms with Crippen molar-refractivity contribution in [2.45, 2.75) is 6.61 Å². The highest BCUT2D eigenvalue weighted by Crippen LogP contribution is 1.95. The Morgan fingerprint density at radius 1 is 1.11 bits per heavy atom. The predicted molar refractivity (Wildman–Crippen MR) is 42.3 cm³/mol. The van der Waals surface area contributed by atoms with Gasteiger partial charge in [-0.1, -0.05) is 30.3 Å². The predicted octanol–water partition coefficient (Wildman–Crippen LogP) is -0.00500. The molecule has 0 saturated carbocycles. The van der Waals surface area contributed by atoms with Crippen molar-refractivity contribution in [2.24, 2.45) is 0 Å². The molecule has 9 heavy (non-hydrogen) atoms. The van der Waals surface area contributed by atoms with Crippen LogP contribution < -0.4 is 0 Å². The molecule has 2 heteroatoms. The fraction of sp³-hybridized carbons (Fsp3) is 0.143. The standard InChI is InChI=1S/C7H8O.BH3/c8-6-7-4-2-1-3-5-7;/h1-5,8H,6H2;1H3. The zero-order valence-electron chi connectivity index (χ0n) is 4.54. The van der Waals surface area contributed by atoms with E-state index in [1.165, 1.54) is 0 Å². The molecule has 0 unspecified atom stereocenters. The molecule has 0 atom stereocenters. The summed E-state index contributed by atoms with van der Waals surface area (Å²) in [5.74, 6) is 0. The lowest BCUT2D eigenvalue weighted by Crippen LogP contribution is -1.77. The molecule has 0 saturated heterocycles. The van der Waals surface area contributed by atoms with Crippen molar-refractivity contribution in [3.05, 3.63) is 35.9 Å². The summed E-state index contributed by atoms with van der Waals surface area (Å²) in [4.78, 5) is 0. The van der Waals surface area contributed by atoms with Gasteiger partial charge in [0.05, 0.1) is 15.0 Å². The molecule has 1 rings (SSSR count). The first kappa shape index (κ1) is 8.24. The third-order valence-corrected chi connectivity index (χ3v) is 1.03. The van der Waals surface area contributed by atoms with E-state index in [1.807, 2.05) is 30.3 Å². The van der Waals surface area contributed by atoms with Gasteiger partial charge in [0, 0.05) is 0 Å². The number of hydrogen-bond donors (Lipinski definition) is 1. The van der Waals surface area contributed by atoms with Crippen LogP contribution in [0.5, 0.6) is 0 Å². The smallest absolute Gasteiger partial charge is 0.0814 e. The Balaban J connectivity index is 0.000000640. The maximum Gasteiger partial charge on any atom is 0.0814 e. The van der Waals surface area contributed by atoms with Gasteiger partial charge in [-0.05, 0) is 5.56 Å². The molecule has 0 aliphatic carbocycles. The van der Waals surface area contributed by atoms with Gasteiger partial charge in [0.25, 0.3) is 0 Å². The van der Waals surface area contributed by atoms with Gasteiger partial charge in [-0.2, -0.15) is 0 Å². The normalized spacial score (nSPS) is 8.11. The molecule has 1 N–H and O–H groups in total. The number of rotatable bonds is 1. The second kappa shape index (κ2) is 4.16. The van der Waals surface area contributed by atoms with Gasteiger partial charge < -0.3 is 5.11 Å². The van der Waals surface area contributed by atoms with Crippen molar-refractivity contribution in [1.82, 2.24) is 0 Å². The van der Waals surface area contributed by atoms with E-state index >= 15 is 0 Å². The summed E-state index contributed by atoms with van der Waals surface area (Å²) in [6.07, 6.45) is 0. The van der Waals surface area contributed by atoms with E-state index < -0.39 is 0 Å². The van der Waals surface area contributed by atoms with E-state index in [4.69, 9.17) is 5.11 Å². The first-order chi connectivity index (χ1) is 3.93. The van der Waals surface area contributed by atoms with E-state index in [9.17, 15) is 0 Å². The third kappa shape index (κ3) is 2.33. The molecule has 0 aromatic heterocycles. The van der Waals surface area contributed by atoms with E-state index in [1.54, 1.807) is 0 Å². The minimum Gasteiger partial charge on any atom is -0.392 e. The van der Waals surface area contributed by atoms with Crippen LogP contribution in [-0.4, -0.2) is 13.5 Å². The zero-order chi connectivity index (χ0) is 5.82. The second-order valence-corrected chi connectivity index (χ2v) is 1.64. The van der Waals surface area contributed by atoms with Gasteiger partial charge in [-0.25, -0.2) is 0 Å². The molecule has 0 bridgehead atoms. The lowest BCUT2D eigenvalue weighted by atomic mass is 10.2. The Kier molecular flexibility index (Phi) is 3.81. The van der Waals surface area contributed by atoms with Gasteiger partial charge in [0.15, 0.2) is 0 Å². The Hall–Kier alpha value is -0.755. The maximum absolute atomic E-state index is 8.54. The van der Waals surface area contributed by atoms with Crippen molar-refractivity contribution in [3.8, 4) is 0 Å². The lowest BCUT2D eigenvalue weighted by molar-refractivity contribution is 0.282. The van der Waals surface area contributed by atoms with Gasteiger partial charge in [-0.3, -0.25) is 0 Å². The van der Waals surface area contributed by atoms with Crippen molar-refractivity contribution in [1.29, 1.82) is 0 Å². The van der Waals surface area contributed by atoms with Crippen LogP contribution in [0.2, 0.25) is 0 Å². The molecule has 48 valence electrons. The Bertz CT molecular complexity index is 150. The SMILES string of the molecule is B.OCc1ccccc1. The van der Waals surface area contributed by atoms with Crippen LogP contribution in [0.1, 0.15) is 5.56 Å². The molecule has 1 aromatic rings. The van der Waals surface area contributed by atoms with Crippen LogP contribution >= 0.6 is 0 Å². The van der Waals surface area contributed by atoms with Crippen molar-refractivity contribution in [3.63, 3.8) is 0 Å². The quantitative estimate of drug-likeness (QED) is 0.519. The fourth-order valence-electron chi connectivity index (χ4n) is 0.583. The highest BCUT2D eigenvalue weighted by molar-refractivity contribution is 5.75. The summed E-state index contributed by atoms with van der Waals surface area (Å²) >= 11 is 0. The van der Waals surface area contributed by atoms with E-state index in [2.05, 4.69) is 0 Å². The molecule has 0 heterocycles. The van der Waals surface area contributed by atoms with Gasteiger partial charge >= 0.3 is 0 Å². The summed E-state index contributed by atoms with van der Waals surface area (Å²) in [6, 6.07) is 9.52. The van der Waals surface area contributed by atoms with Gasteiger partial charge in [0.2, 0.25) is 0 Å². The summed E-state index contributed by atoms with van der Waals surface area (Å²) in [5.41, 5.74) is 0.965. The lowest BCUT2D eigenvalue weighted by Gasteiger charge is -1.89. The van der Waals surface area contributed by atoms with Crippen LogP contribution in [0.4, 0.5) is 0 Å². The molecule has 1 aromatic carbocycles. The summed E-state index contributed by atoms with van der Waals surface area (Å²) in [7, 11) is 0. The van der Waals surface area contributed by atoms with E-state index in [0.717, 1.165) is 5.56 Å². The second-order valence-electron chi connectivity index (χ2n) is 1.64. The average Bonchev–Trinajstić information content (AvgIpc) is 1.90. The average molecular weight is 122 g/mol. The Morgan fingerprint density at radius 2 is 1.67 bits per heavy atom. The monoisotopic (exact) mass is 122 g/mol. The molecule has 0 spiro atoms. The van der Waals surface area contributed by atoms with Crippen LogP contribution in [0.15, 0.2) is 30.3 Å². The third-order valence-electron chi connectivity index (χ3n) is 1.03. The Morgan fingerprint density at radius 3 is 2.00 bits per heavy atom. The summed E-state index contributed by atoms with van der Waals surface area (Å²) < 4.78 is 0. The summed E-state index contributed by atoms with van der Waals surface area (Å²) in [5, 5.41) is 8.54.